The maximum absolute atomic E-state index is 11.1. The molecule has 0 saturated carbocycles. The molecule has 9 heteroatoms. The zero-order valence-corrected chi connectivity index (χ0v) is 14.7. The second-order valence-electron chi connectivity index (χ2n) is 5.91. The highest BCUT2D eigenvalue weighted by Gasteiger charge is 2.22. The third-order valence-electron chi connectivity index (χ3n) is 4.19. The van der Waals surface area contributed by atoms with Crippen molar-refractivity contribution in [1.29, 1.82) is 0 Å². The van der Waals surface area contributed by atoms with Gasteiger partial charge in [0.05, 0.1) is 12.8 Å². The normalized spacial score (nSPS) is 16.0. The van der Waals surface area contributed by atoms with Gasteiger partial charge < -0.3 is 9.64 Å². The molecular formula is C16H21N5O3S. The van der Waals surface area contributed by atoms with Crippen LogP contribution in [-0.4, -0.2) is 44.6 Å². The maximum Gasteiger partial charge on any atom is 0.274 e. The predicted molar refractivity (Wildman–Crippen MR) is 95.5 cm³/mol. The first-order valence-electron chi connectivity index (χ1n) is 7.96. The van der Waals surface area contributed by atoms with Crippen LogP contribution in [0.1, 0.15) is 12.8 Å². The summed E-state index contributed by atoms with van der Waals surface area (Å²) in [6, 6.07) is 9.49. The van der Waals surface area contributed by atoms with Crippen LogP contribution in [0.5, 0.6) is 5.75 Å². The van der Waals surface area contributed by atoms with Crippen LogP contribution in [-0.2, 0) is 10.2 Å². The molecule has 134 valence electrons. The smallest absolute Gasteiger partial charge is 0.274 e. The van der Waals surface area contributed by atoms with Crippen molar-refractivity contribution in [2.24, 2.45) is 5.14 Å². The first kappa shape index (κ1) is 17.6. The Morgan fingerprint density at radius 2 is 1.88 bits per heavy atom. The van der Waals surface area contributed by atoms with Crippen LogP contribution in [0.2, 0.25) is 0 Å². The highest BCUT2D eigenvalue weighted by Crippen LogP contribution is 2.24. The highest BCUT2D eigenvalue weighted by atomic mass is 32.2. The number of nitrogens with one attached hydrogen (secondary N) is 1. The fourth-order valence-corrected chi connectivity index (χ4v) is 3.60. The topological polar surface area (TPSA) is 110 Å². The Morgan fingerprint density at radius 3 is 2.48 bits per heavy atom. The van der Waals surface area contributed by atoms with E-state index in [1.807, 2.05) is 30.3 Å². The van der Waals surface area contributed by atoms with Gasteiger partial charge >= 0.3 is 0 Å². The van der Waals surface area contributed by atoms with Crippen LogP contribution in [0, 0.1) is 0 Å². The molecule has 0 spiro atoms. The molecule has 0 atom stereocenters. The van der Waals surface area contributed by atoms with Crippen molar-refractivity contribution in [3.8, 4) is 17.0 Å². The van der Waals surface area contributed by atoms with Gasteiger partial charge in [-0.15, -0.1) is 0 Å². The van der Waals surface area contributed by atoms with Crippen LogP contribution >= 0.6 is 0 Å². The SMILES string of the molecule is COc1ccc(-c2cc(N3CCC(NS(N)(=O)=O)CC3)ncn2)cc1. The molecule has 1 aromatic heterocycles. The molecule has 1 saturated heterocycles. The van der Waals surface area contributed by atoms with Gasteiger partial charge in [0, 0.05) is 30.8 Å². The van der Waals surface area contributed by atoms with Gasteiger partial charge in [-0.2, -0.15) is 13.1 Å². The van der Waals surface area contributed by atoms with Crippen LogP contribution < -0.4 is 19.5 Å². The Labute approximate surface area is 147 Å². The van der Waals surface area contributed by atoms with Crippen LogP contribution in [0.15, 0.2) is 36.7 Å². The molecule has 0 amide bonds. The second kappa shape index (κ2) is 7.34. The molecule has 3 rings (SSSR count). The lowest BCUT2D eigenvalue weighted by Crippen LogP contribution is -2.46. The Hall–Kier alpha value is -2.23. The monoisotopic (exact) mass is 363 g/mol. The number of aromatic nitrogens is 2. The van der Waals surface area contributed by atoms with E-state index in [0.717, 1.165) is 22.8 Å². The van der Waals surface area contributed by atoms with Crippen molar-refractivity contribution in [3.63, 3.8) is 0 Å². The van der Waals surface area contributed by atoms with Crippen molar-refractivity contribution in [1.82, 2.24) is 14.7 Å². The van der Waals surface area contributed by atoms with Crippen molar-refractivity contribution in [2.75, 3.05) is 25.1 Å². The minimum absolute atomic E-state index is 0.130. The average molecular weight is 363 g/mol. The number of hydrogen-bond donors (Lipinski definition) is 2. The van der Waals surface area contributed by atoms with E-state index >= 15 is 0 Å². The third kappa shape index (κ3) is 4.65. The molecule has 1 aromatic carbocycles. The molecule has 0 bridgehead atoms. The molecular weight excluding hydrogens is 342 g/mol. The summed E-state index contributed by atoms with van der Waals surface area (Å²) in [6.45, 7) is 1.40. The highest BCUT2D eigenvalue weighted by molar-refractivity contribution is 7.87. The van der Waals surface area contributed by atoms with Crippen molar-refractivity contribution in [2.45, 2.75) is 18.9 Å². The van der Waals surface area contributed by atoms with Gasteiger partial charge in [0.2, 0.25) is 0 Å². The van der Waals surface area contributed by atoms with Gasteiger partial charge in [0.1, 0.15) is 17.9 Å². The zero-order valence-electron chi connectivity index (χ0n) is 13.9. The summed E-state index contributed by atoms with van der Waals surface area (Å²) in [5, 5.41) is 5.03. The summed E-state index contributed by atoms with van der Waals surface area (Å²) < 4.78 is 29.9. The van der Waals surface area contributed by atoms with E-state index in [9.17, 15) is 8.42 Å². The second-order valence-corrected chi connectivity index (χ2v) is 7.24. The Morgan fingerprint density at radius 1 is 1.20 bits per heavy atom. The number of hydrogen-bond acceptors (Lipinski definition) is 6. The van der Waals surface area contributed by atoms with Gasteiger partial charge in [0.15, 0.2) is 0 Å². The molecule has 2 heterocycles. The van der Waals surface area contributed by atoms with Crippen molar-refractivity contribution < 1.29 is 13.2 Å². The number of rotatable bonds is 5. The molecule has 3 N–H and O–H groups in total. The molecule has 1 fully saturated rings. The number of nitrogens with zero attached hydrogens (tertiary/aromatic N) is 3. The summed E-state index contributed by atoms with van der Waals surface area (Å²) in [7, 11) is -2.03. The Kier molecular flexibility index (Phi) is 5.16. The minimum Gasteiger partial charge on any atom is -0.497 e. The average Bonchev–Trinajstić information content (AvgIpc) is 2.61. The fraction of sp³-hybridized carbons (Fsp3) is 0.375. The van der Waals surface area contributed by atoms with Gasteiger partial charge in [0.25, 0.3) is 10.2 Å². The first-order chi connectivity index (χ1) is 11.9. The van der Waals surface area contributed by atoms with E-state index in [2.05, 4.69) is 19.6 Å². The summed E-state index contributed by atoms with van der Waals surface area (Å²) in [4.78, 5) is 10.8. The quantitative estimate of drug-likeness (QED) is 0.817. The maximum atomic E-state index is 11.1. The van der Waals surface area contributed by atoms with Crippen molar-refractivity contribution in [3.05, 3.63) is 36.7 Å². The van der Waals surface area contributed by atoms with Crippen molar-refractivity contribution >= 4 is 16.0 Å². The largest absolute Gasteiger partial charge is 0.497 e. The van der Waals surface area contributed by atoms with Crippen LogP contribution in [0.25, 0.3) is 11.3 Å². The number of piperidine rings is 1. The number of benzene rings is 1. The third-order valence-corrected chi connectivity index (χ3v) is 4.85. The molecule has 1 aliphatic rings. The summed E-state index contributed by atoms with van der Waals surface area (Å²) in [5.74, 6) is 1.62. The van der Waals surface area contributed by atoms with Gasteiger partial charge in [-0.1, -0.05) is 0 Å². The lowest BCUT2D eigenvalue weighted by Gasteiger charge is -2.32. The number of methoxy groups -OCH3 is 1. The van der Waals surface area contributed by atoms with E-state index in [1.165, 1.54) is 0 Å². The van der Waals surface area contributed by atoms with E-state index < -0.39 is 10.2 Å². The number of ether oxygens (including phenoxy) is 1. The Bertz CT molecular complexity index is 818. The number of nitrogens with two attached hydrogens (primary N) is 1. The van der Waals surface area contributed by atoms with Gasteiger partial charge in [-0.25, -0.2) is 15.1 Å². The lowest BCUT2D eigenvalue weighted by molar-refractivity contribution is 0.415. The van der Waals surface area contributed by atoms with Gasteiger partial charge in [-0.3, -0.25) is 0 Å². The molecule has 2 aromatic rings. The van der Waals surface area contributed by atoms with Crippen LogP contribution in [0.4, 0.5) is 5.82 Å². The summed E-state index contributed by atoms with van der Waals surface area (Å²) in [6.07, 6.45) is 2.90. The van der Waals surface area contributed by atoms with E-state index in [-0.39, 0.29) is 6.04 Å². The first-order valence-corrected chi connectivity index (χ1v) is 9.51. The predicted octanol–water partition coefficient (Wildman–Crippen LogP) is 0.914. The molecule has 0 unspecified atom stereocenters. The van der Waals surface area contributed by atoms with Gasteiger partial charge in [-0.05, 0) is 37.1 Å². The molecule has 8 nitrogen and oxygen atoms in total. The standard InChI is InChI=1S/C16H21N5O3S/c1-24-14-4-2-12(3-5-14)15-10-16(19-11-18-15)21-8-6-13(7-9-21)20-25(17,22)23/h2-5,10-11,13,20H,6-9H2,1H3,(H2,17,22,23). The zero-order chi connectivity index (χ0) is 17.9. The number of anilines is 1. The van der Waals surface area contributed by atoms with Crippen LogP contribution in [0.3, 0.4) is 0 Å². The molecule has 0 radical (unpaired) electrons. The van der Waals surface area contributed by atoms with E-state index in [0.29, 0.717) is 25.9 Å². The van der Waals surface area contributed by atoms with E-state index in [1.54, 1.807) is 13.4 Å². The fourth-order valence-electron chi connectivity index (χ4n) is 2.90. The summed E-state index contributed by atoms with van der Waals surface area (Å²) >= 11 is 0. The summed E-state index contributed by atoms with van der Waals surface area (Å²) in [5.41, 5.74) is 1.81. The Balaban J connectivity index is 1.70. The minimum atomic E-state index is -3.66. The molecule has 25 heavy (non-hydrogen) atoms. The lowest BCUT2D eigenvalue weighted by atomic mass is 10.1. The molecule has 0 aliphatic carbocycles. The van der Waals surface area contributed by atoms with E-state index in [4.69, 9.17) is 9.88 Å². The molecule has 1 aliphatic heterocycles.